The minimum Gasteiger partial charge on any atom is -0.465 e. The first-order valence-corrected chi connectivity index (χ1v) is 8.82. The summed E-state index contributed by atoms with van der Waals surface area (Å²) in [6.45, 7) is 2.66. The number of rotatable bonds is 5. The second kappa shape index (κ2) is 8.04. The lowest BCUT2D eigenvalue weighted by molar-refractivity contribution is 0.0600. The molecule has 0 radical (unpaired) electrons. The summed E-state index contributed by atoms with van der Waals surface area (Å²) in [6.07, 6.45) is 1.06. The van der Waals surface area contributed by atoms with E-state index in [1.807, 2.05) is 25.2 Å². The fraction of sp³-hybridized carbons (Fsp3) is 0.333. The van der Waals surface area contributed by atoms with Crippen molar-refractivity contribution in [3.05, 3.63) is 65.7 Å². The number of anilines is 1. The molecule has 1 heterocycles. The molecule has 3 rings (SSSR count). The van der Waals surface area contributed by atoms with Crippen molar-refractivity contribution in [2.24, 2.45) is 5.92 Å². The number of esters is 1. The summed E-state index contributed by atoms with van der Waals surface area (Å²) in [4.78, 5) is 28.5. The fourth-order valence-corrected chi connectivity index (χ4v) is 3.44. The summed E-state index contributed by atoms with van der Waals surface area (Å²) >= 11 is 0. The Kier molecular flexibility index (Phi) is 5.56. The molecular formula is C21H24N2O3. The average Bonchev–Trinajstić information content (AvgIpc) is 3.16. The number of hydrogen-bond acceptors (Lipinski definition) is 4. The Bertz CT molecular complexity index is 776. The molecule has 1 aliphatic heterocycles. The molecule has 2 aromatic rings. The summed E-state index contributed by atoms with van der Waals surface area (Å²) in [5, 5.41) is 0. The first-order valence-electron chi connectivity index (χ1n) is 8.82. The normalized spacial score (nSPS) is 16.4. The van der Waals surface area contributed by atoms with Crippen molar-refractivity contribution >= 4 is 17.6 Å². The first-order chi connectivity index (χ1) is 12.6. The standard InChI is InChI=1S/C21H24N2O3/c1-22(20(24)17-7-6-8-18(13-17)21(25)26-2)14-16-11-12-23(15-16)19-9-4-3-5-10-19/h3-10,13,16H,11-12,14-15H2,1-2H3/t16-/m1/s1. The monoisotopic (exact) mass is 352 g/mol. The minimum absolute atomic E-state index is 0.0751. The maximum atomic E-state index is 12.7. The van der Waals surface area contributed by atoms with Crippen molar-refractivity contribution in [3.63, 3.8) is 0 Å². The van der Waals surface area contributed by atoms with E-state index >= 15 is 0 Å². The largest absolute Gasteiger partial charge is 0.465 e. The zero-order valence-electron chi connectivity index (χ0n) is 15.2. The van der Waals surface area contributed by atoms with E-state index in [0.29, 0.717) is 23.6 Å². The van der Waals surface area contributed by atoms with E-state index < -0.39 is 5.97 Å². The molecule has 1 atom stereocenters. The van der Waals surface area contributed by atoms with Crippen LogP contribution in [0, 0.1) is 5.92 Å². The molecule has 0 aromatic heterocycles. The lowest BCUT2D eigenvalue weighted by atomic mass is 10.1. The van der Waals surface area contributed by atoms with Crippen LogP contribution in [0.3, 0.4) is 0 Å². The van der Waals surface area contributed by atoms with Gasteiger partial charge in [0, 0.05) is 37.9 Å². The van der Waals surface area contributed by atoms with Crippen LogP contribution in [0.5, 0.6) is 0 Å². The molecule has 1 aliphatic rings. The van der Waals surface area contributed by atoms with E-state index in [1.54, 1.807) is 29.2 Å². The molecule has 136 valence electrons. The van der Waals surface area contributed by atoms with Crippen LogP contribution in [0.15, 0.2) is 54.6 Å². The third-order valence-corrected chi connectivity index (χ3v) is 4.82. The SMILES string of the molecule is COC(=O)c1cccc(C(=O)N(C)C[C@H]2CCN(c3ccccc3)C2)c1. The van der Waals surface area contributed by atoms with Crippen LogP contribution < -0.4 is 4.90 Å². The Labute approximate surface area is 154 Å². The second-order valence-electron chi connectivity index (χ2n) is 6.69. The second-order valence-corrected chi connectivity index (χ2v) is 6.69. The lowest BCUT2D eigenvalue weighted by Crippen LogP contribution is -2.33. The minimum atomic E-state index is -0.434. The molecular weight excluding hydrogens is 328 g/mol. The number of benzene rings is 2. The molecule has 0 spiro atoms. The van der Waals surface area contributed by atoms with Crippen LogP contribution >= 0.6 is 0 Å². The molecule has 0 unspecified atom stereocenters. The molecule has 0 N–H and O–H groups in total. The quantitative estimate of drug-likeness (QED) is 0.776. The van der Waals surface area contributed by atoms with Gasteiger partial charge in [0.2, 0.25) is 0 Å². The Balaban J connectivity index is 1.61. The van der Waals surface area contributed by atoms with E-state index in [2.05, 4.69) is 17.0 Å². The number of methoxy groups -OCH3 is 1. The zero-order chi connectivity index (χ0) is 18.5. The van der Waals surface area contributed by atoms with Crippen molar-refractivity contribution in [3.8, 4) is 0 Å². The molecule has 0 bridgehead atoms. The Morgan fingerprint density at radius 2 is 1.85 bits per heavy atom. The van der Waals surface area contributed by atoms with Crippen molar-refractivity contribution in [1.29, 1.82) is 0 Å². The summed E-state index contributed by atoms with van der Waals surface area (Å²) in [6, 6.07) is 17.0. The van der Waals surface area contributed by atoms with Gasteiger partial charge < -0.3 is 14.5 Å². The Hall–Kier alpha value is -2.82. The van der Waals surface area contributed by atoms with Gasteiger partial charge in [-0.15, -0.1) is 0 Å². The van der Waals surface area contributed by atoms with Gasteiger partial charge in [-0.2, -0.15) is 0 Å². The predicted molar refractivity (Wildman–Crippen MR) is 102 cm³/mol. The fourth-order valence-electron chi connectivity index (χ4n) is 3.44. The van der Waals surface area contributed by atoms with Gasteiger partial charge in [0.1, 0.15) is 0 Å². The summed E-state index contributed by atoms with van der Waals surface area (Å²) in [7, 11) is 3.15. The van der Waals surface area contributed by atoms with Crippen LogP contribution in [0.1, 0.15) is 27.1 Å². The van der Waals surface area contributed by atoms with Gasteiger partial charge in [0.25, 0.3) is 5.91 Å². The first kappa shape index (κ1) is 18.0. The highest BCUT2D eigenvalue weighted by Crippen LogP contribution is 2.24. The van der Waals surface area contributed by atoms with Crippen molar-refractivity contribution < 1.29 is 14.3 Å². The number of para-hydroxylation sites is 1. The van der Waals surface area contributed by atoms with Crippen molar-refractivity contribution in [2.45, 2.75) is 6.42 Å². The van der Waals surface area contributed by atoms with E-state index in [0.717, 1.165) is 19.5 Å². The Morgan fingerprint density at radius 1 is 1.12 bits per heavy atom. The van der Waals surface area contributed by atoms with Crippen LogP contribution in [0.4, 0.5) is 5.69 Å². The summed E-state index contributed by atoms with van der Waals surface area (Å²) in [5.41, 5.74) is 2.13. The topological polar surface area (TPSA) is 49.9 Å². The van der Waals surface area contributed by atoms with Gasteiger partial charge in [-0.25, -0.2) is 4.79 Å². The molecule has 1 amide bonds. The molecule has 0 aliphatic carbocycles. The highest BCUT2D eigenvalue weighted by Gasteiger charge is 2.25. The van der Waals surface area contributed by atoms with Crippen molar-refractivity contribution in [1.82, 2.24) is 4.90 Å². The van der Waals surface area contributed by atoms with Crippen LogP contribution in [0.25, 0.3) is 0 Å². The van der Waals surface area contributed by atoms with Gasteiger partial charge in [-0.05, 0) is 42.7 Å². The van der Waals surface area contributed by atoms with E-state index in [9.17, 15) is 9.59 Å². The average molecular weight is 352 g/mol. The van der Waals surface area contributed by atoms with Gasteiger partial charge in [-0.1, -0.05) is 24.3 Å². The molecule has 0 saturated carbocycles. The number of ether oxygens (including phenoxy) is 1. The number of nitrogens with zero attached hydrogens (tertiary/aromatic N) is 2. The maximum absolute atomic E-state index is 12.7. The molecule has 2 aromatic carbocycles. The molecule has 5 nitrogen and oxygen atoms in total. The number of carbonyl (C=O) groups excluding carboxylic acids is 2. The van der Waals surface area contributed by atoms with Gasteiger partial charge >= 0.3 is 5.97 Å². The number of carbonyl (C=O) groups is 2. The zero-order valence-corrected chi connectivity index (χ0v) is 15.2. The predicted octanol–water partition coefficient (Wildman–Crippen LogP) is 3.07. The van der Waals surface area contributed by atoms with Gasteiger partial charge in [-0.3, -0.25) is 4.79 Å². The summed E-state index contributed by atoms with van der Waals surface area (Å²) in [5.74, 6) is -0.0709. The molecule has 26 heavy (non-hydrogen) atoms. The van der Waals surface area contributed by atoms with Crippen molar-refractivity contribution in [2.75, 3.05) is 38.7 Å². The van der Waals surface area contributed by atoms with E-state index in [-0.39, 0.29) is 5.91 Å². The number of hydrogen-bond donors (Lipinski definition) is 0. The molecule has 1 fully saturated rings. The van der Waals surface area contributed by atoms with Gasteiger partial charge in [0.05, 0.1) is 12.7 Å². The summed E-state index contributed by atoms with van der Waals surface area (Å²) < 4.78 is 4.72. The van der Waals surface area contributed by atoms with E-state index in [4.69, 9.17) is 4.74 Å². The third-order valence-electron chi connectivity index (χ3n) is 4.82. The third kappa shape index (κ3) is 4.04. The Morgan fingerprint density at radius 3 is 2.58 bits per heavy atom. The number of amides is 1. The van der Waals surface area contributed by atoms with Crippen LogP contribution in [0.2, 0.25) is 0 Å². The van der Waals surface area contributed by atoms with Crippen LogP contribution in [-0.4, -0.2) is 50.6 Å². The molecule has 1 saturated heterocycles. The van der Waals surface area contributed by atoms with Crippen LogP contribution in [-0.2, 0) is 4.74 Å². The smallest absolute Gasteiger partial charge is 0.337 e. The highest BCUT2D eigenvalue weighted by molar-refractivity contribution is 5.97. The lowest BCUT2D eigenvalue weighted by Gasteiger charge is -2.23. The van der Waals surface area contributed by atoms with Gasteiger partial charge in [0.15, 0.2) is 0 Å². The molecule has 5 heteroatoms. The maximum Gasteiger partial charge on any atom is 0.337 e. The highest BCUT2D eigenvalue weighted by atomic mass is 16.5. The van der Waals surface area contributed by atoms with E-state index in [1.165, 1.54) is 12.8 Å².